The van der Waals surface area contributed by atoms with Crippen molar-refractivity contribution in [3.8, 4) is 0 Å². The van der Waals surface area contributed by atoms with E-state index in [0.29, 0.717) is 13.2 Å². The lowest BCUT2D eigenvalue weighted by Gasteiger charge is -2.00. The number of nitrogens with zero attached hydrogens (tertiary/aromatic N) is 1. The second kappa shape index (κ2) is 6.31. The fraction of sp³-hybridized carbons (Fsp3) is 0.800. The molecule has 60 valence electrons. The van der Waals surface area contributed by atoms with E-state index in [9.17, 15) is 0 Å². The summed E-state index contributed by atoms with van der Waals surface area (Å²) >= 11 is 0. The molecular weight excluding hydrogens is 136 g/mol. The van der Waals surface area contributed by atoms with Gasteiger partial charge in [-0.05, 0) is 0 Å². The minimum Gasteiger partial charge on any atom is -0.409 e. The molecule has 10 heavy (non-hydrogen) atoms. The molecule has 0 atom stereocenters. The van der Waals surface area contributed by atoms with Crippen LogP contribution in [0.3, 0.4) is 0 Å². The van der Waals surface area contributed by atoms with Crippen LogP contribution in [0.5, 0.6) is 0 Å². The van der Waals surface area contributed by atoms with Gasteiger partial charge in [0.05, 0.1) is 13.2 Å². The Labute approximate surface area is 59.4 Å². The molecule has 3 N–H and O–H groups in total. The summed E-state index contributed by atoms with van der Waals surface area (Å²) in [5, 5.41) is 10.8. The summed E-state index contributed by atoms with van der Waals surface area (Å²) in [6.07, 6.45) is 0. The van der Waals surface area contributed by atoms with Gasteiger partial charge in [-0.15, -0.1) is 0 Å². The first-order valence-corrected chi connectivity index (χ1v) is 2.84. The molecule has 5 nitrogen and oxygen atoms in total. The quantitative estimate of drug-likeness (QED) is 0.179. The summed E-state index contributed by atoms with van der Waals surface area (Å²) in [6, 6.07) is 0. The number of nitrogens with two attached hydrogens (primary N) is 1. The Morgan fingerprint density at radius 3 is 2.80 bits per heavy atom. The van der Waals surface area contributed by atoms with Gasteiger partial charge in [-0.2, -0.15) is 0 Å². The van der Waals surface area contributed by atoms with E-state index in [0.717, 1.165) is 0 Å². The summed E-state index contributed by atoms with van der Waals surface area (Å²) < 4.78 is 9.58. The van der Waals surface area contributed by atoms with Gasteiger partial charge in [0.15, 0.2) is 5.84 Å². The Morgan fingerprint density at radius 2 is 2.30 bits per heavy atom. The fourth-order valence-electron chi connectivity index (χ4n) is 0.348. The van der Waals surface area contributed by atoms with Crippen LogP contribution in [-0.4, -0.2) is 38.0 Å². The number of hydrogen-bond acceptors (Lipinski definition) is 4. The lowest BCUT2D eigenvalue weighted by molar-refractivity contribution is 0.0888. The van der Waals surface area contributed by atoms with Crippen LogP contribution in [0.15, 0.2) is 5.16 Å². The van der Waals surface area contributed by atoms with E-state index in [4.69, 9.17) is 15.7 Å². The maximum atomic E-state index is 8.04. The number of ether oxygens (including phenoxy) is 2. The van der Waals surface area contributed by atoms with Crippen LogP contribution >= 0.6 is 0 Å². The van der Waals surface area contributed by atoms with Gasteiger partial charge in [0.1, 0.15) is 6.61 Å². The molecule has 0 spiro atoms. The van der Waals surface area contributed by atoms with Gasteiger partial charge >= 0.3 is 0 Å². The maximum absolute atomic E-state index is 8.04. The summed E-state index contributed by atoms with van der Waals surface area (Å²) in [6.45, 7) is 1.10. The number of amidine groups is 1. The van der Waals surface area contributed by atoms with Crippen molar-refractivity contribution in [2.75, 3.05) is 26.9 Å². The SMILES string of the molecule is COCCOC/C(N)=N/O. The topological polar surface area (TPSA) is 77.1 Å². The van der Waals surface area contributed by atoms with E-state index in [-0.39, 0.29) is 12.4 Å². The van der Waals surface area contributed by atoms with E-state index in [2.05, 4.69) is 9.89 Å². The second-order valence-electron chi connectivity index (χ2n) is 1.64. The first kappa shape index (κ1) is 9.19. The third-order valence-corrected chi connectivity index (χ3v) is 0.810. The zero-order valence-corrected chi connectivity index (χ0v) is 5.91. The molecule has 0 radical (unpaired) electrons. The van der Waals surface area contributed by atoms with Gasteiger partial charge in [-0.3, -0.25) is 0 Å². The molecule has 0 aromatic heterocycles. The van der Waals surface area contributed by atoms with E-state index in [1.54, 1.807) is 7.11 Å². The van der Waals surface area contributed by atoms with Crippen molar-refractivity contribution in [3.05, 3.63) is 0 Å². The van der Waals surface area contributed by atoms with Gasteiger partial charge in [-0.1, -0.05) is 5.16 Å². The van der Waals surface area contributed by atoms with Crippen LogP contribution in [0, 0.1) is 0 Å². The Morgan fingerprint density at radius 1 is 1.60 bits per heavy atom. The monoisotopic (exact) mass is 148 g/mol. The number of hydrogen-bond donors (Lipinski definition) is 2. The third-order valence-electron chi connectivity index (χ3n) is 0.810. The summed E-state index contributed by atoms with van der Waals surface area (Å²) in [7, 11) is 1.58. The molecule has 0 aliphatic carbocycles. The maximum Gasteiger partial charge on any atom is 0.165 e. The molecule has 0 saturated heterocycles. The first-order chi connectivity index (χ1) is 4.81. The van der Waals surface area contributed by atoms with E-state index >= 15 is 0 Å². The lowest BCUT2D eigenvalue weighted by atomic mass is 10.6. The Kier molecular flexibility index (Phi) is 5.80. The summed E-state index contributed by atoms with van der Waals surface area (Å²) in [5.74, 6) is 0.0658. The lowest BCUT2D eigenvalue weighted by Crippen LogP contribution is -2.20. The van der Waals surface area contributed by atoms with Crippen molar-refractivity contribution in [2.24, 2.45) is 10.9 Å². The van der Waals surface area contributed by atoms with Crippen molar-refractivity contribution in [2.45, 2.75) is 0 Å². The molecule has 0 aromatic rings. The molecule has 0 aliphatic rings. The molecule has 0 aliphatic heterocycles. The van der Waals surface area contributed by atoms with Gasteiger partial charge in [0.2, 0.25) is 0 Å². The third kappa shape index (κ3) is 5.33. The molecule has 0 fully saturated rings. The molecule has 0 heterocycles. The molecule has 0 amide bonds. The highest BCUT2D eigenvalue weighted by Gasteiger charge is 1.91. The summed E-state index contributed by atoms with van der Waals surface area (Å²) in [5.41, 5.74) is 5.09. The van der Waals surface area contributed by atoms with Crippen LogP contribution in [0.4, 0.5) is 0 Å². The molecule has 0 bridgehead atoms. The Balaban J connectivity index is 3.04. The van der Waals surface area contributed by atoms with Gasteiger partial charge in [0, 0.05) is 7.11 Å². The molecule has 5 heteroatoms. The zero-order chi connectivity index (χ0) is 7.82. The largest absolute Gasteiger partial charge is 0.409 e. The summed E-state index contributed by atoms with van der Waals surface area (Å²) in [4.78, 5) is 0. The van der Waals surface area contributed by atoms with Crippen molar-refractivity contribution >= 4 is 5.84 Å². The molecule has 0 rings (SSSR count). The smallest absolute Gasteiger partial charge is 0.165 e. The molecule has 0 aromatic carbocycles. The van der Waals surface area contributed by atoms with Crippen molar-refractivity contribution in [1.29, 1.82) is 0 Å². The van der Waals surface area contributed by atoms with E-state index in [1.807, 2.05) is 0 Å². The van der Waals surface area contributed by atoms with Gasteiger partial charge in [0.25, 0.3) is 0 Å². The Bertz CT molecular complexity index is 105. The average Bonchev–Trinajstić information content (AvgIpc) is 1.98. The highest BCUT2D eigenvalue weighted by molar-refractivity contribution is 5.80. The van der Waals surface area contributed by atoms with E-state index < -0.39 is 0 Å². The number of methoxy groups -OCH3 is 1. The van der Waals surface area contributed by atoms with E-state index in [1.165, 1.54) is 0 Å². The van der Waals surface area contributed by atoms with Crippen molar-refractivity contribution in [1.82, 2.24) is 0 Å². The van der Waals surface area contributed by atoms with Crippen molar-refractivity contribution in [3.63, 3.8) is 0 Å². The zero-order valence-electron chi connectivity index (χ0n) is 5.91. The van der Waals surface area contributed by atoms with Crippen molar-refractivity contribution < 1.29 is 14.7 Å². The van der Waals surface area contributed by atoms with Crippen LogP contribution in [0.25, 0.3) is 0 Å². The van der Waals surface area contributed by atoms with Crippen LogP contribution < -0.4 is 5.73 Å². The molecular formula is C5H12N2O3. The predicted molar refractivity (Wildman–Crippen MR) is 36.1 cm³/mol. The highest BCUT2D eigenvalue weighted by atomic mass is 16.5. The molecule has 0 saturated carbocycles. The first-order valence-electron chi connectivity index (χ1n) is 2.84. The number of oxime groups is 1. The van der Waals surface area contributed by atoms with Crippen LogP contribution in [-0.2, 0) is 9.47 Å². The van der Waals surface area contributed by atoms with Gasteiger partial charge in [-0.25, -0.2) is 0 Å². The predicted octanol–water partition coefficient (Wildman–Crippen LogP) is -0.604. The standard InChI is InChI=1S/C5H12N2O3/c1-9-2-3-10-4-5(6)7-8/h8H,2-4H2,1H3,(H2,6,7). The minimum atomic E-state index is 0.0658. The van der Waals surface area contributed by atoms with Crippen LogP contribution in [0.1, 0.15) is 0 Å². The normalized spacial score (nSPS) is 11.9. The van der Waals surface area contributed by atoms with Crippen LogP contribution in [0.2, 0.25) is 0 Å². The highest BCUT2D eigenvalue weighted by Crippen LogP contribution is 1.75. The van der Waals surface area contributed by atoms with Gasteiger partial charge < -0.3 is 20.4 Å². The fourth-order valence-corrected chi connectivity index (χ4v) is 0.348. The second-order valence-corrected chi connectivity index (χ2v) is 1.64. The minimum absolute atomic E-state index is 0.0658. The average molecular weight is 148 g/mol. The molecule has 0 unspecified atom stereocenters. The Hall–Kier alpha value is -0.810. The number of rotatable bonds is 5.